The summed E-state index contributed by atoms with van der Waals surface area (Å²) in [6.07, 6.45) is -2.76. The van der Waals surface area contributed by atoms with Crippen molar-refractivity contribution in [3.05, 3.63) is 11.8 Å². The number of nitrogens with zero attached hydrogens (tertiary/aromatic N) is 2. The van der Waals surface area contributed by atoms with Gasteiger partial charge in [0.25, 0.3) is 0 Å². The van der Waals surface area contributed by atoms with Gasteiger partial charge in [-0.15, -0.1) is 10.2 Å². The van der Waals surface area contributed by atoms with Crippen molar-refractivity contribution in [1.29, 1.82) is 0 Å². The molecule has 0 atom stereocenters. The van der Waals surface area contributed by atoms with Crippen molar-refractivity contribution in [3.63, 3.8) is 0 Å². The fourth-order valence-electron chi connectivity index (χ4n) is 1.93. The Bertz CT molecular complexity index is 432. The average molecular weight is 276 g/mol. The van der Waals surface area contributed by atoms with E-state index in [0.29, 0.717) is 0 Å². The topological polar surface area (TPSA) is 59.1 Å². The zero-order valence-corrected chi connectivity index (χ0v) is 10.4. The number of aromatic nitrogens is 2. The van der Waals surface area contributed by atoms with Crippen LogP contribution in [0.2, 0.25) is 0 Å². The first-order valence-corrected chi connectivity index (χ1v) is 5.97. The van der Waals surface area contributed by atoms with Gasteiger partial charge in [-0.25, -0.2) is 0 Å². The Balaban J connectivity index is 2.16. The van der Waals surface area contributed by atoms with Gasteiger partial charge in [0.2, 0.25) is 0 Å². The minimum Gasteiger partial charge on any atom is -0.493 e. The van der Waals surface area contributed by atoms with Crippen molar-refractivity contribution in [2.45, 2.75) is 25.1 Å². The van der Waals surface area contributed by atoms with E-state index >= 15 is 0 Å². The minimum absolute atomic E-state index is 0.0563. The van der Waals surface area contributed by atoms with Crippen molar-refractivity contribution in [1.82, 2.24) is 15.5 Å². The van der Waals surface area contributed by atoms with Gasteiger partial charge >= 0.3 is 6.18 Å². The number of nitrogens with one attached hydrogen (secondary N) is 2. The number of piperidine rings is 1. The Kier molecular flexibility index (Phi) is 4.08. The standard InChI is InChI=1S/C11H15F3N4O/c1-19-8-6-9(11(12,13)14)17-18-10(8)16-7-2-4-15-5-3-7/h6-7,15H,2-5H2,1H3,(H,16,18). The molecule has 19 heavy (non-hydrogen) atoms. The number of anilines is 1. The van der Waals surface area contributed by atoms with Crippen LogP contribution >= 0.6 is 0 Å². The smallest absolute Gasteiger partial charge is 0.435 e. The lowest BCUT2D eigenvalue weighted by molar-refractivity contribution is -0.141. The van der Waals surface area contributed by atoms with Crippen molar-refractivity contribution >= 4 is 5.82 Å². The molecule has 1 fully saturated rings. The van der Waals surface area contributed by atoms with E-state index in [4.69, 9.17) is 4.74 Å². The van der Waals surface area contributed by atoms with Crippen LogP contribution < -0.4 is 15.4 Å². The van der Waals surface area contributed by atoms with Crippen LogP contribution in [0, 0.1) is 0 Å². The predicted molar refractivity (Wildman–Crippen MR) is 63.1 cm³/mol. The molecule has 0 aliphatic carbocycles. The van der Waals surface area contributed by atoms with Gasteiger partial charge in [-0.2, -0.15) is 13.2 Å². The number of methoxy groups -OCH3 is 1. The van der Waals surface area contributed by atoms with Crippen LogP contribution in [0.25, 0.3) is 0 Å². The monoisotopic (exact) mass is 276 g/mol. The first kappa shape index (κ1) is 13.9. The van der Waals surface area contributed by atoms with Crippen molar-refractivity contribution in [2.24, 2.45) is 0 Å². The first-order valence-electron chi connectivity index (χ1n) is 5.97. The van der Waals surface area contributed by atoms with Gasteiger partial charge in [0.15, 0.2) is 17.3 Å². The average Bonchev–Trinajstić information content (AvgIpc) is 2.39. The molecule has 0 unspecified atom stereocenters. The second-order valence-corrected chi connectivity index (χ2v) is 4.31. The number of alkyl halides is 3. The lowest BCUT2D eigenvalue weighted by Crippen LogP contribution is -2.35. The molecule has 5 nitrogen and oxygen atoms in total. The number of hydrogen-bond acceptors (Lipinski definition) is 5. The Morgan fingerprint density at radius 2 is 2.00 bits per heavy atom. The quantitative estimate of drug-likeness (QED) is 0.879. The van der Waals surface area contributed by atoms with Crippen LogP contribution in [-0.4, -0.2) is 36.4 Å². The van der Waals surface area contributed by atoms with E-state index in [2.05, 4.69) is 20.8 Å². The summed E-state index contributed by atoms with van der Waals surface area (Å²) in [4.78, 5) is 0. The van der Waals surface area contributed by atoms with E-state index in [1.54, 1.807) is 0 Å². The highest BCUT2D eigenvalue weighted by atomic mass is 19.4. The van der Waals surface area contributed by atoms with Gasteiger partial charge in [-0.1, -0.05) is 0 Å². The summed E-state index contributed by atoms with van der Waals surface area (Å²) in [5.74, 6) is 0.309. The summed E-state index contributed by atoms with van der Waals surface area (Å²) in [7, 11) is 1.31. The van der Waals surface area contributed by atoms with Crippen LogP contribution in [0.4, 0.5) is 19.0 Å². The van der Waals surface area contributed by atoms with Gasteiger partial charge in [0, 0.05) is 12.1 Å². The Labute approximate surface area is 108 Å². The maximum absolute atomic E-state index is 12.5. The summed E-state index contributed by atoms with van der Waals surface area (Å²) < 4.78 is 42.5. The molecule has 0 aromatic carbocycles. The summed E-state index contributed by atoms with van der Waals surface area (Å²) >= 11 is 0. The zero-order valence-electron chi connectivity index (χ0n) is 10.4. The Morgan fingerprint density at radius 3 is 2.58 bits per heavy atom. The third kappa shape index (κ3) is 3.46. The number of ether oxygens (including phenoxy) is 1. The SMILES string of the molecule is COc1cc(C(F)(F)F)nnc1NC1CCNCC1. The molecule has 0 radical (unpaired) electrons. The lowest BCUT2D eigenvalue weighted by atomic mass is 10.1. The maximum Gasteiger partial charge on any atom is 0.435 e. The van der Waals surface area contributed by atoms with Crippen molar-refractivity contribution in [3.8, 4) is 5.75 Å². The first-order chi connectivity index (χ1) is 9.00. The maximum atomic E-state index is 12.5. The van der Waals surface area contributed by atoms with Gasteiger partial charge in [0.05, 0.1) is 7.11 Å². The normalized spacial score (nSPS) is 17.3. The highest BCUT2D eigenvalue weighted by Crippen LogP contribution is 2.32. The van der Waals surface area contributed by atoms with E-state index < -0.39 is 11.9 Å². The molecule has 0 saturated carbocycles. The molecule has 2 N–H and O–H groups in total. The van der Waals surface area contributed by atoms with Crippen LogP contribution in [0.5, 0.6) is 5.75 Å². The summed E-state index contributed by atoms with van der Waals surface area (Å²) in [5, 5.41) is 13.0. The Morgan fingerprint density at radius 1 is 1.32 bits per heavy atom. The molecular formula is C11H15F3N4O. The largest absolute Gasteiger partial charge is 0.493 e. The van der Waals surface area contributed by atoms with Crippen LogP contribution in [0.1, 0.15) is 18.5 Å². The number of rotatable bonds is 3. The fraction of sp³-hybridized carbons (Fsp3) is 0.636. The minimum atomic E-state index is -4.52. The van der Waals surface area contributed by atoms with E-state index in [1.807, 2.05) is 0 Å². The molecule has 0 bridgehead atoms. The molecule has 1 aromatic rings. The van der Waals surface area contributed by atoms with E-state index in [1.165, 1.54) is 7.11 Å². The highest BCUT2D eigenvalue weighted by molar-refractivity contribution is 5.50. The second-order valence-electron chi connectivity index (χ2n) is 4.31. The van der Waals surface area contributed by atoms with Crippen LogP contribution in [-0.2, 0) is 6.18 Å². The molecule has 2 heterocycles. The number of halogens is 3. The molecule has 1 aliphatic heterocycles. The molecule has 106 valence electrons. The van der Waals surface area contributed by atoms with Gasteiger partial charge < -0.3 is 15.4 Å². The van der Waals surface area contributed by atoms with E-state index in [9.17, 15) is 13.2 Å². The van der Waals surface area contributed by atoms with E-state index in [-0.39, 0.29) is 17.6 Å². The zero-order chi connectivity index (χ0) is 13.9. The molecule has 0 amide bonds. The molecular weight excluding hydrogens is 261 g/mol. The third-order valence-corrected chi connectivity index (χ3v) is 2.95. The lowest BCUT2D eigenvalue weighted by Gasteiger charge is -2.24. The summed E-state index contributed by atoms with van der Waals surface area (Å²) in [6.45, 7) is 1.74. The summed E-state index contributed by atoms with van der Waals surface area (Å²) in [6, 6.07) is 1.03. The molecule has 0 spiro atoms. The van der Waals surface area contributed by atoms with E-state index in [0.717, 1.165) is 32.0 Å². The molecule has 1 aromatic heterocycles. The van der Waals surface area contributed by atoms with Crippen molar-refractivity contribution in [2.75, 3.05) is 25.5 Å². The van der Waals surface area contributed by atoms with Crippen LogP contribution in [0.15, 0.2) is 6.07 Å². The second kappa shape index (κ2) is 5.60. The molecule has 8 heteroatoms. The Hall–Kier alpha value is -1.57. The van der Waals surface area contributed by atoms with Gasteiger partial charge in [-0.05, 0) is 25.9 Å². The fourth-order valence-corrected chi connectivity index (χ4v) is 1.93. The molecule has 1 aliphatic rings. The van der Waals surface area contributed by atoms with Gasteiger partial charge in [-0.3, -0.25) is 0 Å². The number of hydrogen-bond donors (Lipinski definition) is 2. The molecule has 2 rings (SSSR count). The van der Waals surface area contributed by atoms with Crippen LogP contribution in [0.3, 0.4) is 0 Å². The molecule has 1 saturated heterocycles. The highest BCUT2D eigenvalue weighted by Gasteiger charge is 2.34. The summed E-state index contributed by atoms with van der Waals surface area (Å²) in [5.41, 5.74) is -1.06. The van der Waals surface area contributed by atoms with Gasteiger partial charge in [0.1, 0.15) is 0 Å². The third-order valence-electron chi connectivity index (χ3n) is 2.95. The predicted octanol–water partition coefficient (Wildman–Crippen LogP) is 1.67. The van der Waals surface area contributed by atoms with Crippen molar-refractivity contribution < 1.29 is 17.9 Å².